The van der Waals surface area contributed by atoms with Crippen molar-refractivity contribution in [3.63, 3.8) is 0 Å². The smallest absolute Gasteiger partial charge is 0.339 e. The van der Waals surface area contributed by atoms with Gasteiger partial charge in [-0.3, -0.25) is 4.79 Å². The molecule has 0 saturated heterocycles. The molecule has 0 aromatic heterocycles. The Bertz CT molecular complexity index is 1150. The van der Waals surface area contributed by atoms with E-state index >= 15 is 0 Å². The fourth-order valence-corrected chi connectivity index (χ4v) is 3.47. The van der Waals surface area contributed by atoms with E-state index in [1.165, 1.54) is 7.11 Å². The zero-order valence-electron chi connectivity index (χ0n) is 19.6. The molecule has 172 valence electrons. The van der Waals surface area contributed by atoms with Gasteiger partial charge < -0.3 is 19.5 Å². The summed E-state index contributed by atoms with van der Waals surface area (Å²) in [6.07, 6.45) is 0. The first-order chi connectivity index (χ1) is 15.7. The number of carbonyl (C=O) groups is 2. The summed E-state index contributed by atoms with van der Waals surface area (Å²) in [5, 5.41) is 2.79. The number of rotatable bonds is 7. The van der Waals surface area contributed by atoms with E-state index in [2.05, 4.69) is 32.2 Å². The van der Waals surface area contributed by atoms with Crippen LogP contribution in [0.25, 0.3) is 0 Å². The van der Waals surface area contributed by atoms with Crippen LogP contribution in [0.2, 0.25) is 0 Å². The highest BCUT2D eigenvalue weighted by molar-refractivity contribution is 6.08. The average molecular weight is 448 g/mol. The molecule has 1 amide bonds. The molecular weight excluding hydrogens is 418 g/mol. The quantitative estimate of drug-likeness (QED) is 0.477. The van der Waals surface area contributed by atoms with Crippen LogP contribution in [0, 0.1) is 0 Å². The molecule has 0 bridgehead atoms. The molecule has 3 aromatic carbocycles. The maximum atomic E-state index is 12.9. The van der Waals surface area contributed by atoms with Crippen molar-refractivity contribution in [3.8, 4) is 11.5 Å². The van der Waals surface area contributed by atoms with Gasteiger partial charge in [-0.25, -0.2) is 4.79 Å². The molecular formula is C27H29NO5. The number of benzene rings is 3. The van der Waals surface area contributed by atoms with E-state index in [4.69, 9.17) is 14.2 Å². The molecule has 0 fully saturated rings. The van der Waals surface area contributed by atoms with Crippen LogP contribution < -0.4 is 14.8 Å². The fraction of sp³-hybridized carbons (Fsp3) is 0.259. The van der Waals surface area contributed by atoms with Gasteiger partial charge in [0.05, 0.1) is 25.5 Å². The predicted molar refractivity (Wildman–Crippen MR) is 128 cm³/mol. The van der Waals surface area contributed by atoms with Crippen LogP contribution in [-0.4, -0.2) is 26.1 Å². The summed E-state index contributed by atoms with van der Waals surface area (Å²) in [6, 6.07) is 19.7. The summed E-state index contributed by atoms with van der Waals surface area (Å²) >= 11 is 0. The Kier molecular flexibility index (Phi) is 7.38. The topological polar surface area (TPSA) is 73.9 Å². The molecule has 6 nitrogen and oxygen atoms in total. The van der Waals surface area contributed by atoms with E-state index in [1.54, 1.807) is 49.6 Å². The number of hydrogen-bond donors (Lipinski definition) is 1. The van der Waals surface area contributed by atoms with Crippen LogP contribution in [-0.2, 0) is 16.8 Å². The second-order valence-corrected chi connectivity index (χ2v) is 8.55. The molecule has 0 aliphatic carbocycles. The third-order valence-electron chi connectivity index (χ3n) is 5.20. The van der Waals surface area contributed by atoms with Crippen LogP contribution in [0.3, 0.4) is 0 Å². The Hall–Kier alpha value is -3.80. The van der Waals surface area contributed by atoms with Crippen LogP contribution in [0.5, 0.6) is 11.5 Å². The van der Waals surface area contributed by atoms with Gasteiger partial charge in [0.2, 0.25) is 0 Å². The SMILES string of the molecule is COC(=O)c1ccccc1NC(=O)c1ccc(OC)c(COc2ccccc2C(C)(C)C)c1. The van der Waals surface area contributed by atoms with Crippen LogP contribution in [0.4, 0.5) is 5.69 Å². The molecule has 1 N–H and O–H groups in total. The highest BCUT2D eigenvalue weighted by Crippen LogP contribution is 2.32. The van der Waals surface area contributed by atoms with Gasteiger partial charge in [-0.1, -0.05) is 51.1 Å². The second-order valence-electron chi connectivity index (χ2n) is 8.55. The normalized spacial score (nSPS) is 10.9. The van der Waals surface area contributed by atoms with Crippen LogP contribution in [0.1, 0.15) is 52.6 Å². The number of para-hydroxylation sites is 2. The van der Waals surface area contributed by atoms with Crippen molar-refractivity contribution in [3.05, 3.63) is 89.0 Å². The van der Waals surface area contributed by atoms with Gasteiger partial charge in [0, 0.05) is 11.1 Å². The minimum atomic E-state index is -0.521. The molecule has 0 aliphatic rings. The number of amides is 1. The van der Waals surface area contributed by atoms with E-state index < -0.39 is 5.97 Å². The van der Waals surface area contributed by atoms with Crippen molar-refractivity contribution in [1.29, 1.82) is 0 Å². The van der Waals surface area contributed by atoms with Gasteiger partial charge in [-0.2, -0.15) is 0 Å². The Morgan fingerprint density at radius 3 is 2.27 bits per heavy atom. The number of methoxy groups -OCH3 is 2. The van der Waals surface area contributed by atoms with E-state index in [-0.39, 0.29) is 23.5 Å². The Balaban J connectivity index is 1.84. The molecule has 33 heavy (non-hydrogen) atoms. The lowest BCUT2D eigenvalue weighted by molar-refractivity contribution is 0.0602. The molecule has 0 saturated carbocycles. The summed E-state index contributed by atoms with van der Waals surface area (Å²) in [4.78, 5) is 24.9. The van der Waals surface area contributed by atoms with Crippen molar-refractivity contribution in [2.24, 2.45) is 0 Å². The van der Waals surface area contributed by atoms with Crippen molar-refractivity contribution in [2.75, 3.05) is 19.5 Å². The summed E-state index contributed by atoms with van der Waals surface area (Å²) < 4.78 is 16.4. The number of nitrogens with one attached hydrogen (secondary N) is 1. The molecule has 0 atom stereocenters. The van der Waals surface area contributed by atoms with Crippen molar-refractivity contribution in [1.82, 2.24) is 0 Å². The van der Waals surface area contributed by atoms with Gasteiger partial charge in [0.1, 0.15) is 18.1 Å². The first-order valence-electron chi connectivity index (χ1n) is 10.6. The molecule has 3 rings (SSSR count). The lowest BCUT2D eigenvalue weighted by Gasteiger charge is -2.23. The molecule has 6 heteroatoms. The van der Waals surface area contributed by atoms with E-state index in [9.17, 15) is 9.59 Å². The average Bonchev–Trinajstić information content (AvgIpc) is 2.82. The molecule has 0 unspecified atom stereocenters. The highest BCUT2D eigenvalue weighted by Gasteiger charge is 2.19. The molecule has 0 spiro atoms. The number of anilines is 1. The Morgan fingerprint density at radius 1 is 0.879 bits per heavy atom. The van der Waals surface area contributed by atoms with Crippen LogP contribution >= 0.6 is 0 Å². The van der Waals surface area contributed by atoms with E-state index in [0.29, 0.717) is 17.0 Å². The maximum absolute atomic E-state index is 12.9. The minimum Gasteiger partial charge on any atom is -0.496 e. The molecule has 0 aliphatic heterocycles. The van der Waals surface area contributed by atoms with Gasteiger partial charge in [-0.15, -0.1) is 0 Å². The van der Waals surface area contributed by atoms with Gasteiger partial charge in [-0.05, 0) is 47.4 Å². The lowest BCUT2D eigenvalue weighted by atomic mass is 9.86. The number of ether oxygens (including phenoxy) is 3. The molecule has 0 radical (unpaired) electrons. The highest BCUT2D eigenvalue weighted by atomic mass is 16.5. The monoisotopic (exact) mass is 447 g/mol. The largest absolute Gasteiger partial charge is 0.496 e. The van der Waals surface area contributed by atoms with E-state index in [0.717, 1.165) is 16.9 Å². The first kappa shape index (κ1) is 23.9. The fourth-order valence-electron chi connectivity index (χ4n) is 3.47. The summed E-state index contributed by atoms with van der Waals surface area (Å²) in [5.41, 5.74) is 2.83. The van der Waals surface area contributed by atoms with Gasteiger partial charge >= 0.3 is 5.97 Å². The third-order valence-corrected chi connectivity index (χ3v) is 5.20. The van der Waals surface area contributed by atoms with Crippen molar-refractivity contribution < 1.29 is 23.8 Å². The number of hydrogen-bond acceptors (Lipinski definition) is 5. The van der Waals surface area contributed by atoms with Gasteiger partial charge in [0.15, 0.2) is 0 Å². The standard InChI is InChI=1S/C27H29NO5/c1-27(2,3)21-11-7-9-13-24(21)33-17-19-16-18(14-15-23(19)31-4)25(29)28-22-12-8-6-10-20(22)26(30)32-5/h6-16H,17H2,1-5H3,(H,28,29). The van der Waals surface area contributed by atoms with Crippen molar-refractivity contribution >= 4 is 17.6 Å². The van der Waals surface area contributed by atoms with Gasteiger partial charge in [0.25, 0.3) is 5.91 Å². The minimum absolute atomic E-state index is 0.0740. The zero-order chi connectivity index (χ0) is 24.0. The Morgan fingerprint density at radius 2 is 1.58 bits per heavy atom. The lowest BCUT2D eigenvalue weighted by Crippen LogP contribution is -2.16. The zero-order valence-corrected chi connectivity index (χ0v) is 19.6. The maximum Gasteiger partial charge on any atom is 0.339 e. The predicted octanol–water partition coefficient (Wildman–Crippen LogP) is 5.61. The Labute approximate surface area is 194 Å². The summed E-state index contributed by atoms with van der Waals surface area (Å²) in [7, 11) is 2.88. The molecule has 3 aromatic rings. The van der Waals surface area contributed by atoms with Crippen molar-refractivity contribution in [2.45, 2.75) is 32.8 Å². The summed E-state index contributed by atoms with van der Waals surface area (Å²) in [5.74, 6) is 0.529. The number of esters is 1. The third kappa shape index (κ3) is 5.71. The second kappa shape index (κ2) is 10.2. The first-order valence-corrected chi connectivity index (χ1v) is 10.6. The van der Waals surface area contributed by atoms with E-state index in [1.807, 2.05) is 18.2 Å². The number of carbonyl (C=O) groups excluding carboxylic acids is 2. The summed E-state index contributed by atoms with van der Waals surface area (Å²) in [6.45, 7) is 6.63. The van der Waals surface area contributed by atoms with Crippen LogP contribution in [0.15, 0.2) is 66.7 Å². The molecule has 0 heterocycles.